The fourth-order valence-corrected chi connectivity index (χ4v) is 10.6. The van der Waals surface area contributed by atoms with Crippen molar-refractivity contribution < 1.29 is 4.74 Å². The molecule has 0 aliphatic heterocycles. The number of ether oxygens (including phenoxy) is 1. The summed E-state index contributed by atoms with van der Waals surface area (Å²) in [4.78, 5) is 0. The molecule has 5 aromatic carbocycles. The van der Waals surface area contributed by atoms with Crippen LogP contribution in [0.5, 0.6) is 5.75 Å². The van der Waals surface area contributed by atoms with E-state index >= 15 is 0 Å². The van der Waals surface area contributed by atoms with Crippen molar-refractivity contribution in [2.75, 3.05) is 13.3 Å². The van der Waals surface area contributed by atoms with Gasteiger partial charge in [0.15, 0.2) is 0 Å². The molecule has 0 bridgehead atoms. The van der Waals surface area contributed by atoms with E-state index in [4.69, 9.17) is 4.74 Å². The first-order valence-corrected chi connectivity index (χ1v) is 15.2. The molecular formula is C33H30OP2. The van der Waals surface area contributed by atoms with Crippen LogP contribution >= 0.6 is 15.8 Å². The molecule has 1 atom stereocenters. The molecule has 0 heterocycles. The molecule has 0 radical (unpaired) electrons. The summed E-state index contributed by atoms with van der Waals surface area (Å²) in [7, 11) is 0.538. The zero-order valence-corrected chi connectivity index (χ0v) is 22.2. The number of methoxy groups -OCH3 is 1. The van der Waals surface area contributed by atoms with E-state index in [-0.39, 0.29) is 0 Å². The third-order valence-corrected chi connectivity index (χ3v) is 12.0. The molecule has 0 aliphatic carbocycles. The van der Waals surface area contributed by atoms with Gasteiger partial charge in [-0.3, -0.25) is 0 Å². The van der Waals surface area contributed by atoms with Crippen LogP contribution in [0.2, 0.25) is 0 Å². The van der Waals surface area contributed by atoms with Crippen molar-refractivity contribution in [3.63, 3.8) is 0 Å². The van der Waals surface area contributed by atoms with E-state index < -0.39 is 15.8 Å². The van der Waals surface area contributed by atoms with E-state index in [1.807, 2.05) is 0 Å². The van der Waals surface area contributed by atoms with E-state index in [1.165, 1.54) is 26.8 Å². The maximum atomic E-state index is 5.51. The molecule has 0 fully saturated rings. The Bertz CT molecular complexity index is 1250. The lowest BCUT2D eigenvalue weighted by molar-refractivity contribution is 0.414. The summed E-state index contributed by atoms with van der Waals surface area (Å²) in [5.41, 5.74) is 1.72. The Labute approximate surface area is 217 Å². The van der Waals surface area contributed by atoms with Crippen LogP contribution in [0.4, 0.5) is 0 Å². The van der Waals surface area contributed by atoms with Gasteiger partial charge in [-0.25, -0.2) is 0 Å². The maximum absolute atomic E-state index is 5.51. The van der Waals surface area contributed by atoms with Crippen LogP contribution in [-0.4, -0.2) is 13.3 Å². The van der Waals surface area contributed by atoms with Crippen LogP contribution in [0.15, 0.2) is 146 Å². The lowest BCUT2D eigenvalue weighted by Crippen LogP contribution is -2.23. The van der Waals surface area contributed by atoms with Crippen molar-refractivity contribution in [2.24, 2.45) is 0 Å². The molecule has 0 aromatic heterocycles. The Morgan fingerprint density at radius 1 is 0.500 bits per heavy atom. The van der Waals surface area contributed by atoms with Gasteiger partial charge in [-0.2, -0.15) is 0 Å². The van der Waals surface area contributed by atoms with E-state index in [9.17, 15) is 0 Å². The molecule has 5 aromatic rings. The average molecular weight is 505 g/mol. The van der Waals surface area contributed by atoms with Crippen LogP contribution in [0, 0.1) is 0 Å². The van der Waals surface area contributed by atoms with E-state index in [0.29, 0.717) is 5.66 Å². The largest absolute Gasteiger partial charge is 0.497 e. The summed E-state index contributed by atoms with van der Waals surface area (Å²) < 4.78 is 5.51. The number of hydrogen-bond acceptors (Lipinski definition) is 1. The molecule has 178 valence electrons. The van der Waals surface area contributed by atoms with Crippen LogP contribution in [0.1, 0.15) is 11.2 Å². The Morgan fingerprint density at radius 3 is 1.28 bits per heavy atom. The Hall–Kier alpha value is -3.24. The third-order valence-electron chi connectivity index (χ3n) is 6.37. The topological polar surface area (TPSA) is 9.23 Å². The highest BCUT2D eigenvalue weighted by molar-refractivity contribution is 7.76. The predicted octanol–water partition coefficient (Wildman–Crippen LogP) is 7.00. The average Bonchev–Trinajstić information content (AvgIpc) is 2.97. The summed E-state index contributed by atoms with van der Waals surface area (Å²) in [5, 5.41) is 5.67. The van der Waals surface area contributed by atoms with Crippen LogP contribution in [-0.2, 0) is 0 Å². The summed E-state index contributed by atoms with van der Waals surface area (Å²) >= 11 is 0. The number of hydrogen-bond donors (Lipinski definition) is 0. The van der Waals surface area contributed by atoms with Gasteiger partial charge < -0.3 is 4.74 Å². The van der Waals surface area contributed by atoms with Gasteiger partial charge in [-0.05, 0) is 60.9 Å². The summed E-state index contributed by atoms with van der Waals surface area (Å²) in [6.07, 6.45) is 1.07. The van der Waals surface area contributed by atoms with Gasteiger partial charge in [0, 0.05) is 5.66 Å². The van der Waals surface area contributed by atoms with Crippen LogP contribution in [0.25, 0.3) is 0 Å². The molecule has 0 saturated heterocycles. The fourth-order valence-electron chi connectivity index (χ4n) is 4.60. The van der Waals surface area contributed by atoms with Crippen molar-refractivity contribution >= 4 is 37.1 Å². The van der Waals surface area contributed by atoms with Gasteiger partial charge in [-0.1, -0.05) is 133 Å². The van der Waals surface area contributed by atoms with Gasteiger partial charge in [-0.15, -0.1) is 0 Å². The zero-order valence-electron chi connectivity index (χ0n) is 20.4. The van der Waals surface area contributed by atoms with Crippen molar-refractivity contribution in [1.29, 1.82) is 0 Å². The molecule has 0 amide bonds. The molecule has 36 heavy (non-hydrogen) atoms. The highest BCUT2D eigenvalue weighted by Gasteiger charge is 2.30. The molecular weight excluding hydrogens is 474 g/mol. The number of rotatable bonds is 9. The van der Waals surface area contributed by atoms with Gasteiger partial charge in [0.05, 0.1) is 7.11 Å². The highest BCUT2D eigenvalue weighted by atomic mass is 31.1. The monoisotopic (exact) mass is 504 g/mol. The molecule has 0 saturated carbocycles. The molecule has 0 aliphatic rings. The lowest BCUT2D eigenvalue weighted by Gasteiger charge is -2.33. The van der Waals surface area contributed by atoms with Gasteiger partial charge in [0.1, 0.15) is 5.75 Å². The molecule has 3 heteroatoms. The minimum absolute atomic E-state index is 0.349. The zero-order chi connectivity index (χ0) is 24.6. The van der Waals surface area contributed by atoms with Gasteiger partial charge >= 0.3 is 0 Å². The minimum Gasteiger partial charge on any atom is -0.497 e. The molecule has 1 nitrogen and oxygen atoms in total. The summed E-state index contributed by atoms with van der Waals surface area (Å²) in [5.74, 6) is 0.898. The third kappa shape index (κ3) is 5.76. The Morgan fingerprint density at radius 2 is 0.889 bits per heavy atom. The SMILES string of the molecule is COc1ccc([C@H](CP(c2ccccc2)c2ccccc2)P(c2ccccc2)c2ccccc2)cc1. The first kappa shape index (κ1) is 24.5. The second-order valence-electron chi connectivity index (χ2n) is 8.61. The predicted molar refractivity (Wildman–Crippen MR) is 159 cm³/mol. The first-order valence-electron chi connectivity index (χ1n) is 12.2. The van der Waals surface area contributed by atoms with Crippen molar-refractivity contribution in [3.05, 3.63) is 151 Å². The van der Waals surface area contributed by atoms with E-state index in [1.54, 1.807) is 7.11 Å². The quantitative estimate of drug-likeness (QED) is 0.196. The van der Waals surface area contributed by atoms with Crippen molar-refractivity contribution in [1.82, 2.24) is 0 Å². The number of benzene rings is 5. The molecule has 5 rings (SSSR count). The molecule has 0 spiro atoms. The van der Waals surface area contributed by atoms with Crippen LogP contribution < -0.4 is 26.0 Å². The van der Waals surface area contributed by atoms with Crippen LogP contribution in [0.3, 0.4) is 0 Å². The molecule has 0 unspecified atom stereocenters. The Balaban J connectivity index is 1.66. The van der Waals surface area contributed by atoms with Crippen molar-refractivity contribution in [2.45, 2.75) is 5.66 Å². The summed E-state index contributed by atoms with van der Waals surface area (Å²) in [6, 6.07) is 53.1. The minimum atomic E-state index is -0.642. The smallest absolute Gasteiger partial charge is 0.118 e. The highest BCUT2D eigenvalue weighted by Crippen LogP contribution is 2.55. The fraction of sp³-hybridized carbons (Fsp3) is 0.0909. The maximum Gasteiger partial charge on any atom is 0.118 e. The molecule has 0 N–H and O–H groups in total. The lowest BCUT2D eigenvalue weighted by atomic mass is 10.1. The standard InChI is InChI=1S/C33H30OP2/c1-34-28-24-22-27(23-25-28)33(36(31-18-10-4-11-19-31)32-20-12-5-13-21-32)26-35(29-14-6-2-7-15-29)30-16-8-3-9-17-30/h2-25,33H,26H2,1H3/t33-/m0/s1. The summed E-state index contributed by atoms with van der Waals surface area (Å²) in [6.45, 7) is 0. The van der Waals surface area contributed by atoms with Gasteiger partial charge in [0.2, 0.25) is 0 Å². The Kier molecular flexibility index (Phi) is 8.24. The first-order chi connectivity index (χ1) is 17.8. The second-order valence-corrected chi connectivity index (χ2v) is 13.3. The van der Waals surface area contributed by atoms with E-state index in [2.05, 4.69) is 146 Å². The normalized spacial score (nSPS) is 12.0. The second kappa shape index (κ2) is 12.1. The van der Waals surface area contributed by atoms with Gasteiger partial charge in [0.25, 0.3) is 0 Å². The van der Waals surface area contributed by atoms with Crippen molar-refractivity contribution in [3.8, 4) is 5.75 Å². The van der Waals surface area contributed by atoms with E-state index in [0.717, 1.165) is 11.9 Å².